The lowest BCUT2D eigenvalue weighted by molar-refractivity contribution is 0.0685. The maximum absolute atomic E-state index is 13.1. The molecule has 78 valence electrons. The minimum atomic E-state index is -1.44. The van der Waals surface area contributed by atoms with Gasteiger partial charge in [0.05, 0.1) is 12.5 Å². The Balaban J connectivity index is 3.02. The fraction of sp³-hybridized carbons (Fsp3) is 0.222. The number of nitriles is 1. The summed E-state index contributed by atoms with van der Waals surface area (Å²) < 4.78 is 13.1. The highest BCUT2D eigenvalue weighted by molar-refractivity contribution is 5.85. The zero-order valence-electron chi connectivity index (χ0n) is 7.64. The number of halogens is 1. The molecule has 0 amide bonds. The molecule has 0 saturated heterocycles. The molecule has 0 aliphatic rings. The van der Waals surface area contributed by atoms with Crippen molar-refractivity contribution in [2.45, 2.75) is 12.5 Å². The second kappa shape index (κ2) is 4.48. The van der Waals surface area contributed by atoms with E-state index >= 15 is 0 Å². The Kier molecular flexibility index (Phi) is 3.31. The van der Waals surface area contributed by atoms with E-state index in [-0.39, 0.29) is 6.42 Å². The summed E-state index contributed by atoms with van der Waals surface area (Å²) in [5.41, 5.74) is 5.18. The van der Waals surface area contributed by atoms with E-state index in [1.807, 2.05) is 6.07 Å². The number of nitrogens with zero attached hydrogens (tertiary/aromatic N) is 2. The van der Waals surface area contributed by atoms with Crippen molar-refractivity contribution in [1.29, 1.82) is 5.26 Å². The molecule has 15 heavy (non-hydrogen) atoms. The van der Waals surface area contributed by atoms with Crippen LogP contribution in [0, 0.1) is 17.1 Å². The number of carboxylic acid groups (broad SMARTS) is 1. The maximum Gasteiger partial charge on any atom is 0.357 e. The average Bonchev–Trinajstić information content (AvgIpc) is 2.17. The van der Waals surface area contributed by atoms with Crippen LogP contribution in [0.15, 0.2) is 12.3 Å². The smallest absolute Gasteiger partial charge is 0.357 e. The number of hydrogen-bond acceptors (Lipinski definition) is 4. The average molecular weight is 209 g/mol. The first-order valence-electron chi connectivity index (χ1n) is 4.07. The van der Waals surface area contributed by atoms with Gasteiger partial charge in [-0.05, 0) is 11.6 Å². The van der Waals surface area contributed by atoms with E-state index in [9.17, 15) is 9.18 Å². The van der Waals surface area contributed by atoms with Crippen molar-refractivity contribution in [1.82, 2.24) is 4.98 Å². The van der Waals surface area contributed by atoms with Crippen molar-refractivity contribution < 1.29 is 14.3 Å². The fourth-order valence-electron chi connectivity index (χ4n) is 1.03. The molecule has 1 atom stereocenters. The highest BCUT2D eigenvalue weighted by atomic mass is 19.1. The SMILES string of the molecule is N#CC[C@H](N)c1cnc(C(=O)O)c(F)c1. The van der Waals surface area contributed by atoms with Crippen molar-refractivity contribution in [2.24, 2.45) is 5.73 Å². The van der Waals surface area contributed by atoms with E-state index < -0.39 is 23.5 Å². The Hall–Kier alpha value is -2.00. The number of carboxylic acids is 1. The number of rotatable bonds is 3. The van der Waals surface area contributed by atoms with E-state index in [0.29, 0.717) is 5.56 Å². The Morgan fingerprint density at radius 1 is 1.80 bits per heavy atom. The molecule has 1 aromatic rings. The second-order valence-electron chi connectivity index (χ2n) is 2.87. The van der Waals surface area contributed by atoms with Crippen molar-refractivity contribution >= 4 is 5.97 Å². The molecule has 0 spiro atoms. The first-order valence-corrected chi connectivity index (χ1v) is 4.07. The lowest BCUT2D eigenvalue weighted by Crippen LogP contribution is -2.12. The minimum Gasteiger partial charge on any atom is -0.476 e. The van der Waals surface area contributed by atoms with Gasteiger partial charge in [-0.15, -0.1) is 0 Å². The van der Waals surface area contributed by atoms with Gasteiger partial charge < -0.3 is 10.8 Å². The molecule has 0 aliphatic carbocycles. The van der Waals surface area contributed by atoms with Crippen molar-refractivity contribution in [2.75, 3.05) is 0 Å². The third-order valence-corrected chi connectivity index (χ3v) is 1.80. The largest absolute Gasteiger partial charge is 0.476 e. The van der Waals surface area contributed by atoms with Gasteiger partial charge in [0.15, 0.2) is 11.5 Å². The van der Waals surface area contributed by atoms with Gasteiger partial charge in [0.2, 0.25) is 0 Å². The van der Waals surface area contributed by atoms with E-state index in [0.717, 1.165) is 12.3 Å². The van der Waals surface area contributed by atoms with Gasteiger partial charge >= 0.3 is 5.97 Å². The molecular weight excluding hydrogens is 201 g/mol. The Morgan fingerprint density at radius 2 is 2.47 bits per heavy atom. The molecule has 0 bridgehead atoms. The Bertz CT molecular complexity index is 428. The van der Waals surface area contributed by atoms with Gasteiger partial charge in [0.1, 0.15) is 0 Å². The number of aromatic carboxylic acids is 1. The summed E-state index contributed by atoms with van der Waals surface area (Å²) >= 11 is 0. The number of pyridine rings is 1. The minimum absolute atomic E-state index is 0.0214. The lowest BCUT2D eigenvalue weighted by Gasteiger charge is -2.07. The fourth-order valence-corrected chi connectivity index (χ4v) is 1.03. The quantitative estimate of drug-likeness (QED) is 0.767. The Morgan fingerprint density at radius 3 is 2.93 bits per heavy atom. The van der Waals surface area contributed by atoms with Crippen molar-refractivity contribution in [3.63, 3.8) is 0 Å². The highest BCUT2D eigenvalue weighted by Gasteiger charge is 2.14. The summed E-state index contributed by atoms with van der Waals surface area (Å²) in [4.78, 5) is 13.9. The molecule has 0 aliphatic heterocycles. The number of aromatic nitrogens is 1. The summed E-state index contributed by atoms with van der Waals surface area (Å²) in [6.45, 7) is 0. The van der Waals surface area contributed by atoms with E-state index in [1.54, 1.807) is 0 Å². The van der Waals surface area contributed by atoms with Crippen LogP contribution in [0.25, 0.3) is 0 Å². The van der Waals surface area contributed by atoms with E-state index in [4.69, 9.17) is 16.1 Å². The summed E-state index contributed by atoms with van der Waals surface area (Å²) in [5, 5.41) is 16.9. The zero-order valence-corrected chi connectivity index (χ0v) is 7.64. The molecular formula is C9H8FN3O2. The van der Waals surface area contributed by atoms with Gasteiger partial charge in [-0.1, -0.05) is 0 Å². The molecule has 0 aromatic carbocycles. The molecule has 6 heteroatoms. The lowest BCUT2D eigenvalue weighted by atomic mass is 10.1. The molecule has 1 aromatic heterocycles. The van der Waals surface area contributed by atoms with E-state index in [1.165, 1.54) is 0 Å². The monoisotopic (exact) mass is 209 g/mol. The molecule has 0 fully saturated rings. The predicted octanol–water partition coefficient (Wildman–Crippen LogP) is 0.832. The van der Waals surface area contributed by atoms with Crippen LogP contribution in [0.1, 0.15) is 28.5 Å². The second-order valence-corrected chi connectivity index (χ2v) is 2.87. The van der Waals surface area contributed by atoms with Crippen LogP contribution in [0.2, 0.25) is 0 Å². The van der Waals surface area contributed by atoms with Gasteiger partial charge in [0.25, 0.3) is 0 Å². The highest BCUT2D eigenvalue weighted by Crippen LogP contribution is 2.15. The molecule has 3 N–H and O–H groups in total. The van der Waals surface area contributed by atoms with Crippen LogP contribution in [0.3, 0.4) is 0 Å². The van der Waals surface area contributed by atoms with E-state index in [2.05, 4.69) is 4.98 Å². The summed E-state index contributed by atoms with van der Waals surface area (Å²) in [6, 6.07) is 2.16. The van der Waals surface area contributed by atoms with Crippen LogP contribution in [-0.2, 0) is 0 Å². The third kappa shape index (κ3) is 2.48. The van der Waals surface area contributed by atoms with Crippen molar-refractivity contribution in [3.05, 3.63) is 29.3 Å². The molecule has 1 rings (SSSR count). The summed E-state index contributed by atoms with van der Waals surface area (Å²) in [5.74, 6) is -2.39. The first-order chi connectivity index (χ1) is 7.06. The molecule has 0 saturated carbocycles. The number of nitrogens with two attached hydrogens (primary N) is 1. The standard InChI is InChI=1S/C9H8FN3O2/c10-6-3-5(7(12)1-2-11)4-13-8(6)9(14)15/h3-4,7H,1,12H2,(H,14,15)/t7-/m0/s1. The molecule has 0 unspecified atom stereocenters. The maximum atomic E-state index is 13.1. The van der Waals surface area contributed by atoms with Crippen LogP contribution in [-0.4, -0.2) is 16.1 Å². The van der Waals surface area contributed by atoms with Gasteiger partial charge in [-0.2, -0.15) is 5.26 Å². The van der Waals surface area contributed by atoms with Gasteiger partial charge in [-0.25, -0.2) is 14.2 Å². The number of hydrogen-bond donors (Lipinski definition) is 2. The normalized spacial score (nSPS) is 11.8. The number of carbonyl (C=O) groups is 1. The molecule has 5 nitrogen and oxygen atoms in total. The van der Waals surface area contributed by atoms with Crippen molar-refractivity contribution in [3.8, 4) is 6.07 Å². The van der Waals surface area contributed by atoms with Gasteiger partial charge in [-0.3, -0.25) is 0 Å². The predicted molar refractivity (Wildman–Crippen MR) is 48.3 cm³/mol. The van der Waals surface area contributed by atoms with Crippen LogP contribution in [0.4, 0.5) is 4.39 Å². The van der Waals surface area contributed by atoms with Crippen LogP contribution >= 0.6 is 0 Å². The summed E-state index contributed by atoms with van der Waals surface area (Å²) in [6.07, 6.45) is 1.18. The van der Waals surface area contributed by atoms with Gasteiger partial charge in [0, 0.05) is 12.2 Å². The van der Waals surface area contributed by atoms with Crippen LogP contribution < -0.4 is 5.73 Å². The molecule has 0 radical (unpaired) electrons. The Labute approximate surface area is 85.0 Å². The summed E-state index contributed by atoms with van der Waals surface area (Å²) in [7, 11) is 0. The zero-order chi connectivity index (χ0) is 11.4. The third-order valence-electron chi connectivity index (χ3n) is 1.80. The van der Waals surface area contributed by atoms with Crippen LogP contribution in [0.5, 0.6) is 0 Å². The first kappa shape index (κ1) is 11.1. The topological polar surface area (TPSA) is 100 Å². The molecule has 1 heterocycles.